The quantitative estimate of drug-likeness (QED) is 0.0464. The van der Waals surface area contributed by atoms with E-state index in [0.29, 0.717) is 43.8 Å². The Morgan fingerprint density at radius 3 is 2.30 bits per heavy atom. The summed E-state index contributed by atoms with van der Waals surface area (Å²) in [5, 5.41) is 27.2. The van der Waals surface area contributed by atoms with Crippen LogP contribution in [0, 0.1) is 5.92 Å². The van der Waals surface area contributed by atoms with Gasteiger partial charge in [0.2, 0.25) is 11.8 Å². The average molecular weight is 774 g/mol. The van der Waals surface area contributed by atoms with Crippen molar-refractivity contribution in [1.29, 1.82) is 0 Å². The number of carbonyl (C=O) groups excluding carboxylic acids is 3. The van der Waals surface area contributed by atoms with E-state index in [1.807, 2.05) is 18.9 Å². The molecule has 304 valence electrons. The molecule has 3 atom stereocenters. The molecule has 2 rings (SSSR count). The van der Waals surface area contributed by atoms with Crippen LogP contribution < -0.4 is 16.4 Å². The summed E-state index contributed by atoms with van der Waals surface area (Å²) >= 11 is 1.35. The highest BCUT2D eigenvalue weighted by atomic mass is 32.1. The molecule has 2 aromatic rings. The first kappa shape index (κ1) is 48.2. The molecule has 0 spiro atoms. The molecule has 13 heteroatoms. The molecule has 0 radical (unpaired) electrons. The van der Waals surface area contributed by atoms with Gasteiger partial charge in [-0.25, -0.2) is 4.98 Å². The number of phenolic OH excluding ortho intramolecular Hbond substituents is 1. The van der Waals surface area contributed by atoms with Crippen LogP contribution in [0.15, 0.2) is 41.8 Å². The topological polar surface area (TPSA) is 184 Å². The number of carbonyl (C=O) groups is 4. The number of phenols is 1. The van der Waals surface area contributed by atoms with Crippen LogP contribution in [0.4, 0.5) is 0 Å². The van der Waals surface area contributed by atoms with Gasteiger partial charge < -0.3 is 36.2 Å². The lowest BCUT2D eigenvalue weighted by molar-refractivity contribution is -0.137. The Balaban J connectivity index is 0.00000127. The Bertz CT molecular complexity index is 1380. The van der Waals surface area contributed by atoms with Crippen molar-refractivity contribution in [2.75, 3.05) is 26.7 Å². The number of carboxylic acid groups (broad SMARTS) is 1. The molecule has 0 aliphatic carbocycles. The fraction of sp³-hybridized carbons (Fsp3) is 0.634. The highest BCUT2D eigenvalue weighted by Gasteiger charge is 2.31. The van der Waals surface area contributed by atoms with Gasteiger partial charge in [0.15, 0.2) is 0 Å². The summed E-state index contributed by atoms with van der Waals surface area (Å²) < 4.78 is 6.17. The Labute approximate surface area is 327 Å². The highest BCUT2D eigenvalue weighted by molar-refractivity contribution is 7.09. The van der Waals surface area contributed by atoms with Crippen LogP contribution in [0.5, 0.6) is 5.75 Å². The molecule has 0 saturated heterocycles. The second-order valence-electron chi connectivity index (χ2n) is 13.8. The summed E-state index contributed by atoms with van der Waals surface area (Å²) in [6.45, 7) is 12.4. The lowest BCUT2D eigenvalue weighted by atomic mass is 9.95. The van der Waals surface area contributed by atoms with Gasteiger partial charge in [-0.3, -0.25) is 19.2 Å². The largest absolute Gasteiger partial charge is 0.508 e. The number of nitrogens with one attached hydrogen (secondary N) is 2. The molecule has 54 heavy (non-hydrogen) atoms. The van der Waals surface area contributed by atoms with Crippen LogP contribution in [0.2, 0.25) is 0 Å². The van der Waals surface area contributed by atoms with Crippen LogP contribution >= 0.6 is 11.3 Å². The number of amides is 3. The van der Waals surface area contributed by atoms with Gasteiger partial charge in [0.05, 0.1) is 0 Å². The molecule has 0 aliphatic rings. The van der Waals surface area contributed by atoms with Crippen molar-refractivity contribution in [3.05, 3.63) is 58.1 Å². The van der Waals surface area contributed by atoms with E-state index in [1.54, 1.807) is 29.6 Å². The van der Waals surface area contributed by atoms with E-state index < -0.39 is 12.0 Å². The van der Waals surface area contributed by atoms with Crippen molar-refractivity contribution in [1.82, 2.24) is 20.5 Å². The van der Waals surface area contributed by atoms with Crippen molar-refractivity contribution < 1.29 is 34.1 Å². The Morgan fingerprint density at radius 1 is 0.981 bits per heavy atom. The van der Waals surface area contributed by atoms with E-state index in [9.17, 15) is 29.4 Å². The lowest BCUT2D eigenvalue weighted by Crippen LogP contribution is -2.44. The van der Waals surface area contributed by atoms with E-state index in [4.69, 9.17) is 10.5 Å². The summed E-state index contributed by atoms with van der Waals surface area (Å²) in [7, 11) is 1.92. The number of nitrogens with two attached hydrogens (primary N) is 1. The number of allylic oxidation sites excluding steroid dienone is 1. The zero-order chi connectivity index (χ0) is 40.3. The maximum absolute atomic E-state index is 13.4. The van der Waals surface area contributed by atoms with E-state index in [2.05, 4.69) is 55.5 Å². The highest BCUT2D eigenvalue weighted by Crippen LogP contribution is 2.31. The lowest BCUT2D eigenvalue weighted by Gasteiger charge is -2.36. The van der Waals surface area contributed by atoms with Gasteiger partial charge in [0, 0.05) is 56.3 Å². The number of thiazole rings is 1. The second kappa shape index (κ2) is 28.6. The molecule has 3 unspecified atom stereocenters. The van der Waals surface area contributed by atoms with Crippen molar-refractivity contribution in [2.45, 2.75) is 136 Å². The number of hydrogen-bond acceptors (Lipinski definition) is 9. The number of aromatic hydroxyl groups is 1. The van der Waals surface area contributed by atoms with Gasteiger partial charge in [-0.05, 0) is 82.7 Å². The van der Waals surface area contributed by atoms with Crippen LogP contribution in [0.3, 0.4) is 0 Å². The smallest absolute Gasteiger partial charge is 0.303 e. The fourth-order valence-electron chi connectivity index (χ4n) is 5.80. The molecule has 1 aromatic carbocycles. The van der Waals surface area contributed by atoms with Crippen LogP contribution in [0.25, 0.3) is 0 Å². The van der Waals surface area contributed by atoms with Crippen molar-refractivity contribution in [2.24, 2.45) is 11.7 Å². The number of hydrogen-bond donors (Lipinski definition) is 5. The number of aliphatic carboxylic acids is 1. The number of aromatic nitrogens is 1. The van der Waals surface area contributed by atoms with Gasteiger partial charge in [0.1, 0.15) is 22.6 Å². The Kier molecular flexibility index (Phi) is 25.5. The third-order valence-corrected chi connectivity index (χ3v) is 9.76. The monoisotopic (exact) mass is 773 g/mol. The van der Waals surface area contributed by atoms with Crippen LogP contribution in [0.1, 0.15) is 139 Å². The van der Waals surface area contributed by atoms with Crippen molar-refractivity contribution in [3.8, 4) is 5.75 Å². The molecule has 0 bridgehead atoms. The Morgan fingerprint density at radius 2 is 1.70 bits per heavy atom. The molecule has 12 nitrogen and oxygen atoms in total. The van der Waals surface area contributed by atoms with E-state index in [-0.39, 0.29) is 60.1 Å². The van der Waals surface area contributed by atoms with Crippen LogP contribution in [-0.4, -0.2) is 82.6 Å². The Hall–Kier alpha value is -3.81. The first-order valence-corrected chi connectivity index (χ1v) is 20.5. The molecule has 3 amide bonds. The minimum Gasteiger partial charge on any atom is -0.508 e. The number of primary amides is 1. The predicted octanol–water partition coefficient (Wildman–Crippen LogP) is 7.17. The van der Waals surface area contributed by atoms with Gasteiger partial charge in [-0.1, -0.05) is 71.2 Å². The summed E-state index contributed by atoms with van der Waals surface area (Å²) in [5.41, 5.74) is 6.07. The zero-order valence-electron chi connectivity index (χ0n) is 33.5. The van der Waals surface area contributed by atoms with E-state index >= 15 is 0 Å². The average Bonchev–Trinajstić information content (AvgIpc) is 3.63. The summed E-state index contributed by atoms with van der Waals surface area (Å²) in [6.07, 6.45) is 13.0. The summed E-state index contributed by atoms with van der Waals surface area (Å²) in [6, 6.07) is 6.14. The third-order valence-electron chi connectivity index (χ3n) is 8.82. The van der Waals surface area contributed by atoms with Gasteiger partial charge in [0.25, 0.3) is 5.91 Å². The van der Waals surface area contributed by atoms with Crippen LogP contribution in [-0.2, 0) is 25.5 Å². The molecule has 1 aromatic heterocycles. The molecule has 6 N–H and O–H groups in total. The summed E-state index contributed by atoms with van der Waals surface area (Å²) in [4.78, 5) is 54.8. The first-order valence-electron chi connectivity index (χ1n) is 19.6. The van der Waals surface area contributed by atoms with Gasteiger partial charge in [-0.2, -0.15) is 0 Å². The molecular formula is C41H67N5O7S. The maximum atomic E-state index is 13.4. The standard InChI is InChI=1S/C34H51N3O6S.C7H16N2O/c1-6-9-11-12-20-37(31(39)13-10-7-2)29(24(4)5)22-30(43-8-3)34-36-28(23-44-34)33(42)35-26(16-19-32(40)41)21-25-14-17-27(38)18-15-25;1-9-6-4-2-3-5-7(8)10/h11-12,14-15,17-18,23-24,26,29-30,38H,6-10,13,16,19-22H2,1-5H3,(H,35,42)(H,40,41);9H,2-6H2,1H3,(H2,8,10)/b12-11+;. The van der Waals surface area contributed by atoms with E-state index in [0.717, 1.165) is 57.1 Å². The van der Waals surface area contributed by atoms with Gasteiger partial charge >= 0.3 is 5.97 Å². The van der Waals surface area contributed by atoms with E-state index in [1.165, 1.54) is 11.3 Å². The molecule has 0 aliphatic heterocycles. The summed E-state index contributed by atoms with van der Waals surface area (Å²) in [5.74, 6) is -1.05. The normalized spacial score (nSPS) is 12.9. The molecular weight excluding hydrogens is 707 g/mol. The number of nitrogens with zero attached hydrogens (tertiary/aromatic N) is 2. The molecule has 1 heterocycles. The number of rotatable bonds is 27. The van der Waals surface area contributed by atoms with Crippen molar-refractivity contribution in [3.63, 3.8) is 0 Å². The molecule has 0 saturated carbocycles. The number of ether oxygens (including phenoxy) is 1. The number of benzene rings is 1. The van der Waals surface area contributed by atoms with Gasteiger partial charge in [-0.15, -0.1) is 11.3 Å². The number of unbranched alkanes of at least 4 members (excludes halogenated alkanes) is 4. The number of carboxylic acids is 1. The third kappa shape index (κ3) is 20.6. The molecule has 0 fully saturated rings. The SMILES string of the molecule is CCC/C=C/CN(C(=O)CCCC)C(CC(OCC)c1nc(C(=O)NC(CCC(=O)O)Cc2ccc(O)cc2)cs1)C(C)C.CNCCCCCC(N)=O. The zero-order valence-corrected chi connectivity index (χ0v) is 34.3. The second-order valence-corrected chi connectivity index (χ2v) is 14.7. The maximum Gasteiger partial charge on any atom is 0.303 e. The minimum absolute atomic E-state index is 0.0749. The van der Waals surface area contributed by atoms with Crippen molar-refractivity contribution >= 4 is 35.0 Å². The fourth-order valence-corrected chi connectivity index (χ4v) is 6.66. The first-order chi connectivity index (χ1) is 25.9. The minimum atomic E-state index is -0.937. The predicted molar refractivity (Wildman–Crippen MR) is 217 cm³/mol.